The van der Waals surface area contributed by atoms with Gasteiger partial charge in [-0.2, -0.15) is 0 Å². The molecule has 0 amide bonds. The Labute approximate surface area is 130 Å². The second-order valence-corrected chi connectivity index (χ2v) is 5.57. The van der Waals surface area contributed by atoms with Gasteiger partial charge in [-0.3, -0.25) is 4.79 Å². The third kappa shape index (κ3) is 2.86. The van der Waals surface area contributed by atoms with Gasteiger partial charge in [-0.25, -0.2) is 0 Å². The predicted molar refractivity (Wildman–Crippen MR) is 89.4 cm³/mol. The molecule has 1 N–H and O–H groups in total. The largest absolute Gasteiger partial charge is 0.508 e. The van der Waals surface area contributed by atoms with Gasteiger partial charge in [0.05, 0.1) is 0 Å². The predicted octanol–water partition coefficient (Wildman–Crippen LogP) is 4.67. The Morgan fingerprint density at radius 1 is 0.955 bits per heavy atom. The fraction of sp³-hybridized carbons (Fsp3) is 0.150. The van der Waals surface area contributed by atoms with Gasteiger partial charge in [0.1, 0.15) is 5.75 Å². The van der Waals surface area contributed by atoms with Crippen molar-refractivity contribution in [1.82, 2.24) is 0 Å². The van der Waals surface area contributed by atoms with Crippen molar-refractivity contribution in [3.8, 4) is 5.75 Å². The Kier molecular flexibility index (Phi) is 3.92. The van der Waals surface area contributed by atoms with Crippen LogP contribution in [0.1, 0.15) is 27.9 Å². The quantitative estimate of drug-likeness (QED) is 0.709. The van der Waals surface area contributed by atoms with E-state index in [0.29, 0.717) is 12.8 Å². The van der Waals surface area contributed by atoms with E-state index in [1.54, 1.807) is 6.07 Å². The monoisotopic (exact) mass is 290 g/mol. The van der Waals surface area contributed by atoms with E-state index in [1.807, 2.05) is 61.5 Å². The van der Waals surface area contributed by atoms with E-state index < -0.39 is 0 Å². The van der Waals surface area contributed by atoms with E-state index in [0.717, 1.165) is 27.5 Å². The van der Waals surface area contributed by atoms with Gasteiger partial charge in [0.25, 0.3) is 0 Å². The lowest BCUT2D eigenvalue weighted by molar-refractivity contribution is 0.0983. The van der Waals surface area contributed by atoms with E-state index in [1.165, 1.54) is 0 Å². The lowest BCUT2D eigenvalue weighted by Gasteiger charge is -2.09. The summed E-state index contributed by atoms with van der Waals surface area (Å²) in [6.07, 6.45) is 0.935. The van der Waals surface area contributed by atoms with Crippen LogP contribution in [0.3, 0.4) is 0 Å². The number of rotatable bonds is 4. The van der Waals surface area contributed by atoms with E-state index in [-0.39, 0.29) is 11.5 Å². The molecule has 0 radical (unpaired) electrons. The number of hydrogen-bond donors (Lipinski definition) is 1. The van der Waals surface area contributed by atoms with Gasteiger partial charge in [0.15, 0.2) is 5.78 Å². The Morgan fingerprint density at radius 3 is 2.45 bits per heavy atom. The van der Waals surface area contributed by atoms with Crippen molar-refractivity contribution in [2.45, 2.75) is 19.8 Å². The second kappa shape index (κ2) is 6.02. The molecule has 0 saturated heterocycles. The van der Waals surface area contributed by atoms with Crippen LogP contribution in [0.4, 0.5) is 0 Å². The summed E-state index contributed by atoms with van der Waals surface area (Å²) in [7, 11) is 0. The number of benzene rings is 3. The highest BCUT2D eigenvalue weighted by Gasteiger charge is 2.11. The van der Waals surface area contributed by atoms with Crippen molar-refractivity contribution in [2.24, 2.45) is 0 Å². The van der Waals surface area contributed by atoms with Gasteiger partial charge in [0, 0.05) is 17.5 Å². The van der Waals surface area contributed by atoms with Gasteiger partial charge < -0.3 is 5.11 Å². The van der Waals surface area contributed by atoms with Gasteiger partial charge in [0.2, 0.25) is 0 Å². The zero-order valence-electron chi connectivity index (χ0n) is 12.5. The molecule has 0 aliphatic heterocycles. The van der Waals surface area contributed by atoms with E-state index in [4.69, 9.17) is 0 Å². The van der Waals surface area contributed by atoms with Crippen molar-refractivity contribution in [1.29, 1.82) is 0 Å². The summed E-state index contributed by atoms with van der Waals surface area (Å²) >= 11 is 0. The number of carbonyl (C=O) groups is 1. The van der Waals surface area contributed by atoms with Gasteiger partial charge >= 0.3 is 0 Å². The number of Topliss-reactive ketones (excluding diaryl/α,β-unsaturated/α-hetero) is 1. The molecule has 0 atom stereocenters. The minimum absolute atomic E-state index is 0.104. The molecule has 3 aromatic carbocycles. The van der Waals surface area contributed by atoms with Gasteiger partial charge in [-0.1, -0.05) is 60.2 Å². The fourth-order valence-electron chi connectivity index (χ4n) is 2.71. The Bertz CT molecular complexity index is 817. The highest BCUT2D eigenvalue weighted by molar-refractivity contribution is 5.96. The normalized spacial score (nSPS) is 10.8. The molecule has 3 aromatic rings. The van der Waals surface area contributed by atoms with Crippen LogP contribution in [-0.2, 0) is 6.42 Å². The van der Waals surface area contributed by atoms with Crippen LogP contribution < -0.4 is 0 Å². The molecule has 0 aromatic heterocycles. The average molecular weight is 290 g/mol. The number of fused-ring (bicyclic) bond motifs is 1. The fourth-order valence-corrected chi connectivity index (χ4v) is 2.71. The number of phenolic OH excluding ortho intramolecular Hbond substituents is 1. The molecule has 0 aliphatic rings. The molecule has 0 saturated carbocycles. The summed E-state index contributed by atoms with van der Waals surface area (Å²) in [4.78, 5) is 12.3. The highest BCUT2D eigenvalue weighted by Crippen LogP contribution is 2.28. The molecule has 0 spiro atoms. The van der Waals surface area contributed by atoms with Crippen LogP contribution in [-0.4, -0.2) is 10.9 Å². The molecular weight excluding hydrogens is 272 g/mol. The van der Waals surface area contributed by atoms with E-state index in [2.05, 4.69) is 0 Å². The number of phenols is 1. The number of aryl methyl sites for hydroxylation is 2. The first kappa shape index (κ1) is 14.3. The SMILES string of the molecule is Cc1ccc(C(=O)CCc2c(O)ccc3ccccc23)cc1. The molecule has 0 bridgehead atoms. The van der Waals surface area contributed by atoms with Crippen molar-refractivity contribution < 1.29 is 9.90 Å². The highest BCUT2D eigenvalue weighted by atomic mass is 16.3. The first-order chi connectivity index (χ1) is 10.6. The molecule has 2 nitrogen and oxygen atoms in total. The number of carbonyl (C=O) groups excluding carboxylic acids is 1. The van der Waals surface area contributed by atoms with Crippen LogP contribution in [0.25, 0.3) is 10.8 Å². The van der Waals surface area contributed by atoms with Gasteiger partial charge in [-0.05, 0) is 30.2 Å². The summed E-state index contributed by atoms with van der Waals surface area (Å²) in [5.74, 6) is 0.364. The third-order valence-corrected chi connectivity index (χ3v) is 3.99. The second-order valence-electron chi connectivity index (χ2n) is 5.57. The average Bonchev–Trinajstić information content (AvgIpc) is 2.54. The zero-order chi connectivity index (χ0) is 15.5. The first-order valence-electron chi connectivity index (χ1n) is 7.44. The third-order valence-electron chi connectivity index (χ3n) is 3.99. The van der Waals surface area contributed by atoms with Gasteiger partial charge in [-0.15, -0.1) is 0 Å². The van der Waals surface area contributed by atoms with E-state index >= 15 is 0 Å². The molecule has 0 unspecified atom stereocenters. The molecular formula is C20H18O2. The Morgan fingerprint density at radius 2 is 1.68 bits per heavy atom. The van der Waals surface area contributed by atoms with E-state index in [9.17, 15) is 9.90 Å². The summed E-state index contributed by atoms with van der Waals surface area (Å²) in [5, 5.41) is 12.2. The standard InChI is InChI=1S/C20H18O2/c1-14-6-8-16(9-7-14)19(21)13-11-18-17-5-3-2-4-15(17)10-12-20(18)22/h2-10,12,22H,11,13H2,1H3. The van der Waals surface area contributed by atoms with Crippen molar-refractivity contribution in [3.63, 3.8) is 0 Å². The minimum Gasteiger partial charge on any atom is -0.508 e. The molecule has 110 valence electrons. The van der Waals surface area contributed by atoms with Crippen LogP contribution >= 0.6 is 0 Å². The summed E-state index contributed by atoms with van der Waals surface area (Å²) in [6, 6.07) is 19.1. The summed E-state index contributed by atoms with van der Waals surface area (Å²) < 4.78 is 0. The van der Waals surface area contributed by atoms with Crippen molar-refractivity contribution >= 4 is 16.6 Å². The number of ketones is 1. The molecule has 22 heavy (non-hydrogen) atoms. The maximum atomic E-state index is 12.3. The molecule has 2 heteroatoms. The van der Waals surface area contributed by atoms with Crippen LogP contribution in [0.5, 0.6) is 5.75 Å². The van der Waals surface area contributed by atoms with Crippen molar-refractivity contribution in [3.05, 3.63) is 77.4 Å². The molecule has 0 heterocycles. The molecule has 0 fully saturated rings. The van der Waals surface area contributed by atoms with Crippen LogP contribution in [0.15, 0.2) is 60.7 Å². The van der Waals surface area contributed by atoms with Crippen LogP contribution in [0.2, 0.25) is 0 Å². The maximum Gasteiger partial charge on any atom is 0.163 e. The molecule has 3 rings (SSSR count). The summed E-state index contributed by atoms with van der Waals surface area (Å²) in [6.45, 7) is 2.00. The number of aromatic hydroxyl groups is 1. The topological polar surface area (TPSA) is 37.3 Å². The minimum atomic E-state index is 0.104. The Balaban J connectivity index is 1.83. The zero-order valence-corrected chi connectivity index (χ0v) is 12.5. The number of hydrogen-bond acceptors (Lipinski definition) is 2. The van der Waals surface area contributed by atoms with Crippen LogP contribution in [0, 0.1) is 6.92 Å². The summed E-state index contributed by atoms with van der Waals surface area (Å²) in [5.41, 5.74) is 2.71. The maximum absolute atomic E-state index is 12.3. The lowest BCUT2D eigenvalue weighted by atomic mass is 9.97. The van der Waals surface area contributed by atoms with Crippen molar-refractivity contribution in [2.75, 3.05) is 0 Å². The molecule has 0 aliphatic carbocycles. The smallest absolute Gasteiger partial charge is 0.163 e. The Hall–Kier alpha value is -2.61. The lowest BCUT2D eigenvalue weighted by Crippen LogP contribution is -2.01. The first-order valence-corrected chi connectivity index (χ1v) is 7.44.